The third kappa shape index (κ3) is 1.77. The molecule has 0 spiro atoms. The summed E-state index contributed by atoms with van der Waals surface area (Å²) in [5.41, 5.74) is 1.78. The van der Waals surface area contributed by atoms with Crippen LogP contribution in [0.4, 0.5) is 0 Å². The van der Waals surface area contributed by atoms with E-state index in [1.807, 2.05) is 20.0 Å². The Hall–Kier alpha value is -0.980. The molecule has 2 aromatic heterocycles. The zero-order chi connectivity index (χ0) is 10.1. The SMILES string of the molecule is Cc1cnc(C)c(-n2cc(I)cn2)n1. The molecule has 2 heterocycles. The van der Waals surface area contributed by atoms with E-state index in [9.17, 15) is 0 Å². The highest BCUT2D eigenvalue weighted by Crippen LogP contribution is 2.10. The van der Waals surface area contributed by atoms with Crippen molar-refractivity contribution in [2.45, 2.75) is 13.8 Å². The summed E-state index contributed by atoms with van der Waals surface area (Å²) in [4.78, 5) is 8.63. The normalized spacial score (nSPS) is 10.5. The summed E-state index contributed by atoms with van der Waals surface area (Å²) < 4.78 is 2.84. The highest BCUT2D eigenvalue weighted by Gasteiger charge is 2.05. The van der Waals surface area contributed by atoms with Gasteiger partial charge in [-0.15, -0.1) is 0 Å². The molecule has 0 aliphatic carbocycles. The van der Waals surface area contributed by atoms with Crippen molar-refractivity contribution in [2.24, 2.45) is 0 Å². The fourth-order valence-corrected chi connectivity index (χ4v) is 1.55. The second-order valence-corrected chi connectivity index (χ2v) is 4.27. The Morgan fingerprint density at radius 2 is 2.07 bits per heavy atom. The Morgan fingerprint density at radius 1 is 1.29 bits per heavy atom. The Kier molecular flexibility index (Phi) is 2.49. The maximum atomic E-state index is 4.39. The van der Waals surface area contributed by atoms with Crippen LogP contribution in [0.25, 0.3) is 5.82 Å². The van der Waals surface area contributed by atoms with Crippen molar-refractivity contribution in [3.63, 3.8) is 0 Å². The van der Waals surface area contributed by atoms with Gasteiger partial charge < -0.3 is 0 Å². The molecule has 0 saturated heterocycles. The van der Waals surface area contributed by atoms with Gasteiger partial charge in [0.25, 0.3) is 0 Å². The molecule has 0 amide bonds. The van der Waals surface area contributed by atoms with E-state index in [0.29, 0.717) is 0 Å². The van der Waals surface area contributed by atoms with Gasteiger partial charge in [0.1, 0.15) is 0 Å². The molecule has 0 atom stereocenters. The largest absolute Gasteiger partial charge is 0.256 e. The summed E-state index contributed by atoms with van der Waals surface area (Å²) in [6.45, 7) is 3.85. The van der Waals surface area contributed by atoms with Crippen LogP contribution in [0.15, 0.2) is 18.6 Å². The zero-order valence-corrected chi connectivity index (χ0v) is 10.1. The van der Waals surface area contributed by atoms with Crippen LogP contribution in [0.5, 0.6) is 0 Å². The average molecular weight is 300 g/mol. The highest BCUT2D eigenvalue weighted by molar-refractivity contribution is 14.1. The van der Waals surface area contributed by atoms with Gasteiger partial charge in [-0.05, 0) is 36.4 Å². The molecule has 0 aliphatic heterocycles. The summed E-state index contributed by atoms with van der Waals surface area (Å²) in [6.07, 6.45) is 5.48. The van der Waals surface area contributed by atoms with Crippen LogP contribution >= 0.6 is 22.6 Å². The lowest BCUT2D eigenvalue weighted by atomic mass is 10.4. The van der Waals surface area contributed by atoms with Crippen molar-refractivity contribution in [1.82, 2.24) is 19.7 Å². The summed E-state index contributed by atoms with van der Waals surface area (Å²) in [7, 11) is 0. The molecule has 0 unspecified atom stereocenters. The first-order valence-electron chi connectivity index (χ1n) is 4.17. The lowest BCUT2D eigenvalue weighted by Gasteiger charge is -2.03. The minimum Gasteiger partial charge on any atom is -0.256 e. The molecular weight excluding hydrogens is 291 g/mol. The van der Waals surface area contributed by atoms with E-state index in [2.05, 4.69) is 37.7 Å². The van der Waals surface area contributed by atoms with Crippen LogP contribution in [-0.2, 0) is 0 Å². The van der Waals surface area contributed by atoms with Gasteiger partial charge in [-0.1, -0.05) is 0 Å². The lowest BCUT2D eigenvalue weighted by Crippen LogP contribution is -2.03. The first-order chi connectivity index (χ1) is 6.66. The van der Waals surface area contributed by atoms with Crippen molar-refractivity contribution in [2.75, 3.05) is 0 Å². The Bertz CT molecular complexity index is 464. The van der Waals surface area contributed by atoms with Gasteiger partial charge in [0.2, 0.25) is 0 Å². The first kappa shape index (κ1) is 9.57. The van der Waals surface area contributed by atoms with E-state index in [1.165, 1.54) is 0 Å². The summed E-state index contributed by atoms with van der Waals surface area (Å²) >= 11 is 2.22. The van der Waals surface area contributed by atoms with E-state index < -0.39 is 0 Å². The van der Waals surface area contributed by atoms with Crippen LogP contribution in [0, 0.1) is 17.4 Å². The molecule has 72 valence electrons. The minimum atomic E-state index is 0.799. The van der Waals surface area contributed by atoms with Gasteiger partial charge >= 0.3 is 0 Å². The fraction of sp³-hybridized carbons (Fsp3) is 0.222. The molecule has 0 N–H and O–H groups in total. The van der Waals surface area contributed by atoms with Crippen LogP contribution < -0.4 is 0 Å². The molecule has 0 radical (unpaired) electrons. The van der Waals surface area contributed by atoms with Crippen LogP contribution in [0.1, 0.15) is 11.4 Å². The predicted octanol–water partition coefficient (Wildman–Crippen LogP) is 1.88. The number of halogens is 1. The molecule has 14 heavy (non-hydrogen) atoms. The number of aryl methyl sites for hydroxylation is 2. The second-order valence-electron chi connectivity index (χ2n) is 3.02. The molecule has 0 aromatic carbocycles. The molecule has 0 saturated carbocycles. The molecule has 0 aliphatic rings. The molecule has 4 nitrogen and oxygen atoms in total. The van der Waals surface area contributed by atoms with E-state index >= 15 is 0 Å². The van der Waals surface area contributed by atoms with Crippen molar-refractivity contribution in [3.05, 3.63) is 33.5 Å². The molecule has 2 aromatic rings. The average Bonchev–Trinajstić information content (AvgIpc) is 2.56. The maximum absolute atomic E-state index is 4.39. The number of hydrogen-bond acceptors (Lipinski definition) is 3. The van der Waals surface area contributed by atoms with Crippen LogP contribution in [-0.4, -0.2) is 19.7 Å². The fourth-order valence-electron chi connectivity index (χ4n) is 1.16. The Morgan fingerprint density at radius 3 is 2.71 bits per heavy atom. The van der Waals surface area contributed by atoms with Crippen molar-refractivity contribution >= 4 is 22.6 Å². The van der Waals surface area contributed by atoms with E-state index in [4.69, 9.17) is 0 Å². The number of nitrogens with zero attached hydrogens (tertiary/aromatic N) is 4. The standard InChI is InChI=1S/C9H9IN4/c1-6-3-11-7(2)9(13-6)14-5-8(10)4-12-14/h3-5H,1-2H3. The number of aromatic nitrogens is 4. The quantitative estimate of drug-likeness (QED) is 0.755. The zero-order valence-electron chi connectivity index (χ0n) is 7.90. The third-order valence-corrected chi connectivity index (χ3v) is 2.38. The molecule has 2 rings (SSSR count). The van der Waals surface area contributed by atoms with E-state index in [-0.39, 0.29) is 0 Å². The summed E-state index contributed by atoms with van der Waals surface area (Å²) in [5, 5.41) is 4.19. The topological polar surface area (TPSA) is 43.6 Å². The van der Waals surface area contributed by atoms with Crippen LogP contribution in [0.3, 0.4) is 0 Å². The van der Waals surface area contributed by atoms with Gasteiger partial charge in [-0.3, -0.25) is 4.98 Å². The monoisotopic (exact) mass is 300 g/mol. The van der Waals surface area contributed by atoms with E-state index in [0.717, 1.165) is 20.8 Å². The molecule has 0 bridgehead atoms. The summed E-state index contributed by atoms with van der Waals surface area (Å²) in [6, 6.07) is 0. The second kappa shape index (κ2) is 3.64. The van der Waals surface area contributed by atoms with Crippen LogP contribution in [0.2, 0.25) is 0 Å². The van der Waals surface area contributed by atoms with Gasteiger partial charge in [0.15, 0.2) is 5.82 Å². The van der Waals surface area contributed by atoms with Crippen molar-refractivity contribution < 1.29 is 0 Å². The minimum absolute atomic E-state index is 0.799. The molecule has 0 fully saturated rings. The Labute approximate surface area is 95.5 Å². The van der Waals surface area contributed by atoms with Gasteiger partial charge in [-0.25, -0.2) is 9.67 Å². The number of hydrogen-bond donors (Lipinski definition) is 0. The van der Waals surface area contributed by atoms with E-state index in [1.54, 1.807) is 17.1 Å². The van der Waals surface area contributed by atoms with Gasteiger partial charge in [0, 0.05) is 12.4 Å². The third-order valence-electron chi connectivity index (χ3n) is 1.82. The van der Waals surface area contributed by atoms with Gasteiger partial charge in [0.05, 0.1) is 21.2 Å². The van der Waals surface area contributed by atoms with Crippen molar-refractivity contribution in [3.8, 4) is 5.82 Å². The number of rotatable bonds is 1. The highest BCUT2D eigenvalue weighted by atomic mass is 127. The lowest BCUT2D eigenvalue weighted by molar-refractivity contribution is 0.816. The van der Waals surface area contributed by atoms with Gasteiger partial charge in [-0.2, -0.15) is 5.10 Å². The van der Waals surface area contributed by atoms with Crippen molar-refractivity contribution in [1.29, 1.82) is 0 Å². The summed E-state index contributed by atoms with van der Waals surface area (Å²) in [5.74, 6) is 0.799. The predicted molar refractivity (Wildman–Crippen MR) is 61.3 cm³/mol. The molecule has 5 heteroatoms. The first-order valence-corrected chi connectivity index (χ1v) is 5.25. The smallest absolute Gasteiger partial charge is 0.175 e. The maximum Gasteiger partial charge on any atom is 0.175 e. The Balaban J connectivity index is 2.55. The molecular formula is C9H9IN4.